The number of anilines is 1. The first-order valence-electron chi connectivity index (χ1n) is 9.64. The lowest BCUT2D eigenvalue weighted by atomic mass is 9.97. The van der Waals surface area contributed by atoms with Crippen molar-refractivity contribution >= 4 is 11.7 Å². The van der Waals surface area contributed by atoms with Crippen molar-refractivity contribution < 1.29 is 4.79 Å². The molecule has 26 heavy (non-hydrogen) atoms. The van der Waals surface area contributed by atoms with Gasteiger partial charge < -0.3 is 9.80 Å². The molecule has 1 aliphatic heterocycles. The van der Waals surface area contributed by atoms with Crippen molar-refractivity contribution in [2.45, 2.75) is 38.5 Å². The lowest BCUT2D eigenvalue weighted by Crippen LogP contribution is -2.49. The first kappa shape index (κ1) is 17.0. The molecule has 1 unspecified atom stereocenters. The van der Waals surface area contributed by atoms with E-state index in [1.165, 1.54) is 17.5 Å². The largest absolute Gasteiger partial charge is 0.352 e. The van der Waals surface area contributed by atoms with E-state index >= 15 is 0 Å². The van der Waals surface area contributed by atoms with Crippen molar-refractivity contribution in [2.75, 3.05) is 31.1 Å². The maximum atomic E-state index is 12.7. The topological polar surface area (TPSA) is 49.3 Å². The Balaban J connectivity index is 1.32. The SMILES string of the molecule is CC(CC(=O)N1CCN(c2cc3c(nn2)CCC3)CC1)c1ccccc1. The van der Waals surface area contributed by atoms with Gasteiger partial charge in [-0.15, -0.1) is 5.10 Å². The van der Waals surface area contributed by atoms with Crippen LogP contribution < -0.4 is 4.90 Å². The van der Waals surface area contributed by atoms with Crippen LogP contribution in [-0.2, 0) is 17.6 Å². The Morgan fingerprint density at radius 1 is 1.08 bits per heavy atom. The molecule has 1 aromatic carbocycles. The number of carbonyl (C=O) groups excluding carboxylic acids is 1. The highest BCUT2D eigenvalue weighted by atomic mass is 16.2. The van der Waals surface area contributed by atoms with E-state index in [-0.39, 0.29) is 11.8 Å². The first-order chi connectivity index (χ1) is 12.7. The quantitative estimate of drug-likeness (QED) is 0.851. The van der Waals surface area contributed by atoms with Gasteiger partial charge in [0.25, 0.3) is 0 Å². The van der Waals surface area contributed by atoms with E-state index in [0.29, 0.717) is 6.42 Å². The van der Waals surface area contributed by atoms with Crippen LogP contribution in [0.1, 0.15) is 42.5 Å². The van der Waals surface area contributed by atoms with Gasteiger partial charge in [-0.1, -0.05) is 37.3 Å². The zero-order valence-corrected chi connectivity index (χ0v) is 15.4. The van der Waals surface area contributed by atoms with Gasteiger partial charge in [0.1, 0.15) is 0 Å². The molecule has 1 fully saturated rings. The van der Waals surface area contributed by atoms with Crippen molar-refractivity contribution in [3.63, 3.8) is 0 Å². The average molecular weight is 350 g/mol. The van der Waals surface area contributed by atoms with E-state index in [1.807, 2.05) is 23.1 Å². The lowest BCUT2D eigenvalue weighted by molar-refractivity contribution is -0.131. The number of amides is 1. The summed E-state index contributed by atoms with van der Waals surface area (Å²) in [6.07, 6.45) is 3.94. The van der Waals surface area contributed by atoms with Crippen LogP contribution in [0.25, 0.3) is 0 Å². The summed E-state index contributed by atoms with van der Waals surface area (Å²) >= 11 is 0. The van der Waals surface area contributed by atoms with Crippen LogP contribution in [0.2, 0.25) is 0 Å². The monoisotopic (exact) mass is 350 g/mol. The number of nitrogens with zero attached hydrogens (tertiary/aromatic N) is 4. The number of aryl methyl sites for hydroxylation is 2. The highest BCUT2D eigenvalue weighted by Crippen LogP contribution is 2.24. The summed E-state index contributed by atoms with van der Waals surface area (Å²) in [6.45, 7) is 5.32. The lowest BCUT2D eigenvalue weighted by Gasteiger charge is -2.35. The van der Waals surface area contributed by atoms with Gasteiger partial charge in [0, 0.05) is 32.6 Å². The van der Waals surface area contributed by atoms with Crippen LogP contribution in [0.5, 0.6) is 0 Å². The second kappa shape index (κ2) is 7.44. The molecule has 0 spiro atoms. The summed E-state index contributed by atoms with van der Waals surface area (Å²) in [5.41, 5.74) is 3.75. The number of piperazine rings is 1. The molecular weight excluding hydrogens is 324 g/mol. The molecule has 1 aromatic heterocycles. The zero-order chi connectivity index (χ0) is 17.9. The maximum absolute atomic E-state index is 12.7. The van der Waals surface area contributed by atoms with Crippen LogP contribution in [0.4, 0.5) is 5.82 Å². The van der Waals surface area contributed by atoms with Crippen LogP contribution in [0.15, 0.2) is 36.4 Å². The third-order valence-electron chi connectivity index (χ3n) is 5.61. The van der Waals surface area contributed by atoms with Gasteiger partial charge in [0.15, 0.2) is 5.82 Å². The van der Waals surface area contributed by atoms with Gasteiger partial charge in [-0.2, -0.15) is 5.10 Å². The minimum Gasteiger partial charge on any atom is -0.352 e. The molecule has 136 valence electrons. The highest BCUT2D eigenvalue weighted by Gasteiger charge is 2.24. The van der Waals surface area contributed by atoms with Crippen LogP contribution in [-0.4, -0.2) is 47.2 Å². The Morgan fingerprint density at radius 3 is 2.62 bits per heavy atom. The van der Waals surface area contributed by atoms with Crippen molar-refractivity contribution in [1.82, 2.24) is 15.1 Å². The molecule has 5 heteroatoms. The van der Waals surface area contributed by atoms with Crippen LogP contribution in [0, 0.1) is 0 Å². The van der Waals surface area contributed by atoms with E-state index in [9.17, 15) is 4.79 Å². The Morgan fingerprint density at radius 2 is 1.85 bits per heavy atom. The number of aromatic nitrogens is 2. The molecule has 4 rings (SSSR count). The zero-order valence-electron chi connectivity index (χ0n) is 15.4. The molecule has 0 N–H and O–H groups in total. The molecule has 0 radical (unpaired) electrons. The standard InChI is InChI=1S/C21H26N4O/c1-16(17-6-3-2-4-7-17)14-21(26)25-12-10-24(11-13-25)20-15-18-8-5-9-19(18)22-23-20/h2-4,6-7,15-16H,5,8-14H2,1H3. The van der Waals surface area contributed by atoms with Crippen molar-refractivity contribution in [3.05, 3.63) is 53.2 Å². The van der Waals surface area contributed by atoms with E-state index in [2.05, 4.69) is 40.2 Å². The summed E-state index contributed by atoms with van der Waals surface area (Å²) < 4.78 is 0. The van der Waals surface area contributed by atoms with Crippen LogP contribution >= 0.6 is 0 Å². The summed E-state index contributed by atoms with van der Waals surface area (Å²) in [6, 6.07) is 12.5. The van der Waals surface area contributed by atoms with Gasteiger partial charge >= 0.3 is 0 Å². The molecular formula is C21H26N4O. The fourth-order valence-corrected chi connectivity index (χ4v) is 3.95. The summed E-state index contributed by atoms with van der Waals surface area (Å²) in [7, 11) is 0. The summed E-state index contributed by atoms with van der Waals surface area (Å²) in [5, 5.41) is 8.79. The van der Waals surface area contributed by atoms with E-state index in [4.69, 9.17) is 0 Å². The number of hydrogen-bond donors (Lipinski definition) is 0. The number of carbonyl (C=O) groups is 1. The smallest absolute Gasteiger partial charge is 0.223 e. The molecule has 1 amide bonds. The molecule has 0 saturated carbocycles. The minimum absolute atomic E-state index is 0.251. The number of hydrogen-bond acceptors (Lipinski definition) is 4. The first-order valence-corrected chi connectivity index (χ1v) is 9.64. The normalized spacial score (nSPS) is 17.9. The molecule has 0 bridgehead atoms. The fraction of sp³-hybridized carbons (Fsp3) is 0.476. The van der Waals surface area contributed by atoms with Gasteiger partial charge in [0.05, 0.1) is 5.69 Å². The minimum atomic E-state index is 0.251. The predicted molar refractivity (Wildman–Crippen MR) is 102 cm³/mol. The van der Waals surface area contributed by atoms with Gasteiger partial charge in [0.2, 0.25) is 5.91 Å². The Labute approximate surface area is 155 Å². The van der Waals surface area contributed by atoms with Gasteiger partial charge in [-0.25, -0.2) is 0 Å². The van der Waals surface area contributed by atoms with Crippen LogP contribution in [0.3, 0.4) is 0 Å². The Hall–Kier alpha value is -2.43. The Bertz CT molecular complexity index is 769. The van der Waals surface area contributed by atoms with Crippen molar-refractivity contribution in [1.29, 1.82) is 0 Å². The highest BCUT2D eigenvalue weighted by molar-refractivity contribution is 5.77. The predicted octanol–water partition coefficient (Wildman–Crippen LogP) is 2.81. The van der Waals surface area contributed by atoms with E-state index in [0.717, 1.165) is 50.5 Å². The van der Waals surface area contributed by atoms with Crippen molar-refractivity contribution in [3.8, 4) is 0 Å². The second-order valence-electron chi connectivity index (χ2n) is 7.41. The Kier molecular flexibility index (Phi) is 4.87. The third-order valence-corrected chi connectivity index (χ3v) is 5.61. The fourth-order valence-electron chi connectivity index (χ4n) is 3.95. The maximum Gasteiger partial charge on any atom is 0.223 e. The number of fused-ring (bicyclic) bond motifs is 1. The van der Waals surface area contributed by atoms with Crippen molar-refractivity contribution in [2.24, 2.45) is 0 Å². The average Bonchev–Trinajstić information content (AvgIpc) is 3.16. The third kappa shape index (κ3) is 3.57. The summed E-state index contributed by atoms with van der Waals surface area (Å²) in [4.78, 5) is 16.9. The molecule has 2 heterocycles. The summed E-state index contributed by atoms with van der Waals surface area (Å²) in [5.74, 6) is 1.47. The molecule has 2 aliphatic rings. The van der Waals surface area contributed by atoms with E-state index in [1.54, 1.807) is 0 Å². The van der Waals surface area contributed by atoms with Gasteiger partial charge in [-0.05, 0) is 42.4 Å². The molecule has 1 aliphatic carbocycles. The molecule has 5 nitrogen and oxygen atoms in total. The van der Waals surface area contributed by atoms with E-state index < -0.39 is 0 Å². The number of benzene rings is 1. The number of rotatable bonds is 4. The second-order valence-corrected chi connectivity index (χ2v) is 7.41. The molecule has 1 atom stereocenters. The van der Waals surface area contributed by atoms with Gasteiger partial charge in [-0.3, -0.25) is 4.79 Å². The molecule has 2 aromatic rings. The molecule has 1 saturated heterocycles.